The fraction of sp³-hybridized carbons (Fsp3) is 0.913. The highest BCUT2D eigenvalue weighted by Crippen LogP contribution is 2.28. The molecule has 5 heteroatoms. The molecule has 162 valence electrons. The van der Waals surface area contributed by atoms with E-state index in [0.29, 0.717) is 6.54 Å². The van der Waals surface area contributed by atoms with E-state index in [9.17, 15) is 9.59 Å². The minimum Gasteiger partial charge on any atom is -0.354 e. The minimum absolute atomic E-state index is 0.0343. The molecule has 3 unspecified atom stereocenters. The summed E-state index contributed by atoms with van der Waals surface area (Å²) in [5.41, 5.74) is 0. The van der Waals surface area contributed by atoms with Gasteiger partial charge in [-0.3, -0.25) is 9.59 Å². The lowest BCUT2D eigenvalue weighted by Gasteiger charge is -2.35. The van der Waals surface area contributed by atoms with E-state index in [1.807, 2.05) is 13.8 Å². The summed E-state index contributed by atoms with van der Waals surface area (Å²) in [6, 6.07) is -0.429. The number of rotatable bonds is 8. The van der Waals surface area contributed by atoms with Gasteiger partial charge < -0.3 is 15.5 Å². The maximum Gasteiger partial charge on any atom is 0.242 e. The normalized spacial score (nSPS) is 30.1. The number of piperidine rings is 1. The molecule has 1 saturated carbocycles. The molecule has 1 aliphatic heterocycles. The summed E-state index contributed by atoms with van der Waals surface area (Å²) in [7, 11) is 0. The quantitative estimate of drug-likeness (QED) is 0.621. The summed E-state index contributed by atoms with van der Waals surface area (Å²) in [4.78, 5) is 27.8. The zero-order valence-corrected chi connectivity index (χ0v) is 18.8. The van der Waals surface area contributed by atoms with E-state index in [2.05, 4.69) is 36.3 Å². The molecular weight excluding hydrogens is 350 g/mol. The van der Waals surface area contributed by atoms with Crippen molar-refractivity contribution in [3.05, 3.63) is 0 Å². The second-order valence-electron chi connectivity index (χ2n) is 10.0. The van der Waals surface area contributed by atoms with Crippen LogP contribution in [0.25, 0.3) is 0 Å². The van der Waals surface area contributed by atoms with E-state index in [1.54, 1.807) is 0 Å². The van der Waals surface area contributed by atoms with Crippen molar-refractivity contribution in [2.24, 2.45) is 29.6 Å². The maximum atomic E-state index is 12.7. The molecule has 5 nitrogen and oxygen atoms in total. The van der Waals surface area contributed by atoms with Crippen LogP contribution in [0.15, 0.2) is 0 Å². The SMILES string of the molecule is CC1CCC(C(=O)NC(C(=O)NCCCN2CC(C)CC(C)C2)C(C)C)CC1. The van der Waals surface area contributed by atoms with Gasteiger partial charge in [0.1, 0.15) is 6.04 Å². The average Bonchev–Trinajstić information content (AvgIpc) is 2.62. The molecule has 28 heavy (non-hydrogen) atoms. The number of hydrogen-bond acceptors (Lipinski definition) is 3. The molecule has 0 radical (unpaired) electrons. The van der Waals surface area contributed by atoms with Gasteiger partial charge in [-0.15, -0.1) is 0 Å². The van der Waals surface area contributed by atoms with Gasteiger partial charge >= 0.3 is 0 Å². The molecule has 2 fully saturated rings. The van der Waals surface area contributed by atoms with Crippen molar-refractivity contribution in [2.75, 3.05) is 26.2 Å². The lowest BCUT2D eigenvalue weighted by Crippen LogP contribution is -2.51. The first kappa shape index (κ1) is 23.2. The van der Waals surface area contributed by atoms with E-state index >= 15 is 0 Å². The highest BCUT2D eigenvalue weighted by Gasteiger charge is 2.29. The van der Waals surface area contributed by atoms with Gasteiger partial charge in [0, 0.05) is 25.6 Å². The van der Waals surface area contributed by atoms with Gasteiger partial charge in [0.05, 0.1) is 0 Å². The predicted molar refractivity (Wildman–Crippen MR) is 115 cm³/mol. The number of nitrogens with zero attached hydrogens (tertiary/aromatic N) is 1. The number of carbonyl (C=O) groups is 2. The van der Waals surface area contributed by atoms with Crippen LogP contribution in [-0.2, 0) is 9.59 Å². The van der Waals surface area contributed by atoms with Crippen LogP contribution in [0.3, 0.4) is 0 Å². The molecule has 1 saturated heterocycles. The van der Waals surface area contributed by atoms with E-state index in [-0.39, 0.29) is 23.7 Å². The Balaban J connectivity index is 1.72. The van der Waals surface area contributed by atoms with Crippen LogP contribution in [0.4, 0.5) is 0 Å². The molecular formula is C23H43N3O2. The summed E-state index contributed by atoms with van der Waals surface area (Å²) >= 11 is 0. The predicted octanol–water partition coefficient (Wildman–Crippen LogP) is 3.44. The van der Waals surface area contributed by atoms with Crippen LogP contribution in [0, 0.1) is 29.6 Å². The Labute approximate surface area is 172 Å². The van der Waals surface area contributed by atoms with Crippen molar-refractivity contribution in [1.82, 2.24) is 15.5 Å². The lowest BCUT2D eigenvalue weighted by atomic mass is 9.82. The summed E-state index contributed by atoms with van der Waals surface area (Å²) in [5.74, 6) is 2.45. The first-order chi connectivity index (χ1) is 13.3. The first-order valence-electron chi connectivity index (χ1n) is 11.6. The standard InChI is InChI=1S/C23H43N3O2/c1-16(2)21(25-22(27)20-9-7-17(3)8-10-20)23(28)24-11-6-12-26-14-18(4)13-19(5)15-26/h16-21H,6-15H2,1-5H3,(H,24,28)(H,25,27). The third-order valence-electron chi connectivity index (χ3n) is 6.53. The molecule has 0 spiro atoms. The van der Waals surface area contributed by atoms with Gasteiger partial charge in [-0.25, -0.2) is 0 Å². The minimum atomic E-state index is -0.429. The Bertz CT molecular complexity index is 490. The summed E-state index contributed by atoms with van der Waals surface area (Å²) in [5, 5.41) is 6.10. The Hall–Kier alpha value is -1.10. The molecule has 1 aliphatic carbocycles. The molecule has 2 aliphatic rings. The van der Waals surface area contributed by atoms with E-state index < -0.39 is 6.04 Å². The van der Waals surface area contributed by atoms with Gasteiger partial charge in [-0.05, 0) is 68.7 Å². The maximum absolute atomic E-state index is 12.7. The Kier molecular flexibility index (Phi) is 9.26. The van der Waals surface area contributed by atoms with Crippen molar-refractivity contribution in [3.8, 4) is 0 Å². The molecule has 0 aromatic rings. The molecule has 3 atom stereocenters. The smallest absolute Gasteiger partial charge is 0.242 e. The van der Waals surface area contributed by atoms with Crippen molar-refractivity contribution in [2.45, 2.75) is 79.2 Å². The van der Waals surface area contributed by atoms with Crippen molar-refractivity contribution >= 4 is 11.8 Å². The van der Waals surface area contributed by atoms with Crippen molar-refractivity contribution < 1.29 is 9.59 Å². The van der Waals surface area contributed by atoms with Crippen LogP contribution >= 0.6 is 0 Å². The third kappa shape index (κ3) is 7.38. The highest BCUT2D eigenvalue weighted by molar-refractivity contribution is 5.88. The number of likely N-dealkylation sites (tertiary alicyclic amines) is 1. The number of amides is 2. The van der Waals surface area contributed by atoms with Gasteiger partial charge in [0.2, 0.25) is 11.8 Å². The molecule has 2 N–H and O–H groups in total. The summed E-state index contributed by atoms with van der Waals surface area (Å²) in [6.45, 7) is 15.0. The highest BCUT2D eigenvalue weighted by atomic mass is 16.2. The number of carbonyl (C=O) groups excluding carboxylic acids is 2. The van der Waals surface area contributed by atoms with E-state index in [1.165, 1.54) is 19.5 Å². The molecule has 2 rings (SSSR count). The second kappa shape index (κ2) is 11.2. The zero-order chi connectivity index (χ0) is 20.7. The molecule has 1 heterocycles. The number of nitrogens with one attached hydrogen (secondary N) is 2. The fourth-order valence-electron chi connectivity index (χ4n) is 4.93. The van der Waals surface area contributed by atoms with Gasteiger partial charge in [-0.2, -0.15) is 0 Å². The zero-order valence-electron chi connectivity index (χ0n) is 18.8. The van der Waals surface area contributed by atoms with Crippen molar-refractivity contribution in [1.29, 1.82) is 0 Å². The summed E-state index contributed by atoms with van der Waals surface area (Å²) in [6.07, 6.45) is 6.42. The van der Waals surface area contributed by atoms with Crippen molar-refractivity contribution in [3.63, 3.8) is 0 Å². The van der Waals surface area contributed by atoms with Crippen LogP contribution in [0.1, 0.15) is 73.1 Å². The first-order valence-corrected chi connectivity index (χ1v) is 11.6. The van der Waals surface area contributed by atoms with Crippen LogP contribution < -0.4 is 10.6 Å². The van der Waals surface area contributed by atoms with Crippen LogP contribution in [-0.4, -0.2) is 48.9 Å². The summed E-state index contributed by atoms with van der Waals surface area (Å²) < 4.78 is 0. The second-order valence-corrected chi connectivity index (χ2v) is 10.0. The van der Waals surface area contributed by atoms with Gasteiger partial charge in [0.15, 0.2) is 0 Å². The molecule has 2 amide bonds. The number of hydrogen-bond donors (Lipinski definition) is 2. The topological polar surface area (TPSA) is 61.4 Å². The molecule has 0 aromatic heterocycles. The largest absolute Gasteiger partial charge is 0.354 e. The Morgan fingerprint density at radius 3 is 2.14 bits per heavy atom. The van der Waals surface area contributed by atoms with Crippen LogP contribution in [0.2, 0.25) is 0 Å². The van der Waals surface area contributed by atoms with Crippen LogP contribution in [0.5, 0.6) is 0 Å². The average molecular weight is 394 g/mol. The Morgan fingerprint density at radius 1 is 0.964 bits per heavy atom. The monoisotopic (exact) mass is 393 g/mol. The third-order valence-corrected chi connectivity index (χ3v) is 6.53. The molecule has 0 bridgehead atoms. The van der Waals surface area contributed by atoms with Gasteiger partial charge in [-0.1, -0.05) is 34.6 Å². The van der Waals surface area contributed by atoms with E-state index in [4.69, 9.17) is 0 Å². The molecule has 0 aromatic carbocycles. The van der Waals surface area contributed by atoms with E-state index in [0.717, 1.165) is 56.4 Å². The lowest BCUT2D eigenvalue weighted by molar-refractivity contribution is -0.132. The fourth-order valence-corrected chi connectivity index (χ4v) is 4.93. The Morgan fingerprint density at radius 2 is 1.57 bits per heavy atom. The van der Waals surface area contributed by atoms with Gasteiger partial charge in [0.25, 0.3) is 0 Å².